The first-order chi connectivity index (χ1) is 16.3. The molecule has 0 saturated carbocycles. The first-order valence-corrected chi connectivity index (χ1v) is 9.85. The minimum Gasteiger partial charge on any atom is -0.404 e. The van der Waals surface area contributed by atoms with Crippen LogP contribution in [0.2, 0.25) is 0 Å². The van der Waals surface area contributed by atoms with E-state index in [9.17, 15) is 30.7 Å². The fourth-order valence-corrected chi connectivity index (χ4v) is 2.78. The smallest absolute Gasteiger partial charge is 0.404 e. The highest BCUT2D eigenvalue weighted by Crippen LogP contribution is 2.36. The zero-order valence-electron chi connectivity index (χ0n) is 18.2. The number of ether oxygens (including phenoxy) is 2. The van der Waals surface area contributed by atoms with Gasteiger partial charge in [0.1, 0.15) is 22.9 Å². The van der Waals surface area contributed by atoms with E-state index in [1.54, 1.807) is 31.2 Å². The molecule has 35 heavy (non-hydrogen) atoms. The highest BCUT2D eigenvalue weighted by atomic mass is 19.4. The van der Waals surface area contributed by atoms with Crippen molar-refractivity contribution in [2.75, 3.05) is 0 Å². The first kappa shape index (κ1) is 25.5. The van der Waals surface area contributed by atoms with Gasteiger partial charge in [-0.05, 0) is 55.8 Å². The molecular formula is C26H15F7O2. The molecule has 2 nitrogen and oxygen atoms in total. The standard InChI is InChI=1S/C26H15F7O2/c1-16-3-6-18(7-4-16)11-12-21-23(34-25(28,29)30)14-20(15-24(21)35-26(31,32)33)10-9-19-8-5-17(2)22(27)13-19/h3-8,13-15H,1-2H3. The van der Waals surface area contributed by atoms with Gasteiger partial charge in [-0.25, -0.2) is 4.39 Å². The van der Waals surface area contributed by atoms with Crippen molar-refractivity contribution < 1.29 is 40.2 Å². The summed E-state index contributed by atoms with van der Waals surface area (Å²) in [5.41, 5.74) is 0.658. The van der Waals surface area contributed by atoms with Crippen molar-refractivity contribution in [3.05, 3.63) is 93.8 Å². The van der Waals surface area contributed by atoms with Crippen molar-refractivity contribution in [2.45, 2.75) is 26.6 Å². The Balaban J connectivity index is 2.16. The normalized spacial score (nSPS) is 11.1. The summed E-state index contributed by atoms with van der Waals surface area (Å²) < 4.78 is 99.9. The second-order valence-electron chi connectivity index (χ2n) is 7.27. The minimum absolute atomic E-state index is 0.160. The lowest BCUT2D eigenvalue weighted by Gasteiger charge is -2.16. The molecule has 0 saturated heterocycles. The molecule has 0 unspecified atom stereocenters. The van der Waals surface area contributed by atoms with E-state index in [1.807, 2.05) is 0 Å². The molecule has 0 aliphatic rings. The first-order valence-electron chi connectivity index (χ1n) is 9.85. The monoisotopic (exact) mass is 492 g/mol. The largest absolute Gasteiger partial charge is 0.573 e. The Labute approximate surface area is 196 Å². The summed E-state index contributed by atoms with van der Waals surface area (Å²) in [7, 11) is 0. The van der Waals surface area contributed by atoms with Crippen LogP contribution >= 0.6 is 0 Å². The number of benzene rings is 3. The maximum atomic E-state index is 13.7. The molecule has 3 rings (SSSR count). The Morgan fingerprint density at radius 3 is 1.60 bits per heavy atom. The van der Waals surface area contributed by atoms with Crippen molar-refractivity contribution in [1.29, 1.82) is 0 Å². The van der Waals surface area contributed by atoms with E-state index < -0.39 is 35.6 Å². The number of halogens is 7. The zero-order chi connectivity index (χ0) is 25.8. The molecule has 0 aliphatic heterocycles. The summed E-state index contributed by atoms with van der Waals surface area (Å²) in [6.45, 7) is 3.32. The molecule has 0 aromatic heterocycles. The highest BCUT2D eigenvalue weighted by Gasteiger charge is 2.36. The summed E-state index contributed by atoms with van der Waals surface area (Å²) in [4.78, 5) is 0. The average molecular weight is 492 g/mol. The number of hydrogen-bond donors (Lipinski definition) is 0. The van der Waals surface area contributed by atoms with Gasteiger partial charge >= 0.3 is 12.7 Å². The lowest BCUT2D eigenvalue weighted by Crippen LogP contribution is -2.20. The zero-order valence-corrected chi connectivity index (χ0v) is 18.2. The van der Waals surface area contributed by atoms with E-state index in [0.29, 0.717) is 11.1 Å². The predicted octanol–water partition coefficient (Wildman–Crippen LogP) is 7.04. The Bertz CT molecular complexity index is 1310. The third kappa shape index (κ3) is 7.72. The molecule has 9 heteroatoms. The van der Waals surface area contributed by atoms with Gasteiger partial charge in [-0.1, -0.05) is 47.4 Å². The lowest BCUT2D eigenvalue weighted by atomic mass is 10.1. The van der Waals surface area contributed by atoms with E-state index in [1.165, 1.54) is 19.1 Å². The molecule has 3 aromatic rings. The molecule has 0 N–H and O–H groups in total. The van der Waals surface area contributed by atoms with Crippen molar-refractivity contribution in [3.8, 4) is 35.2 Å². The van der Waals surface area contributed by atoms with E-state index in [-0.39, 0.29) is 11.1 Å². The van der Waals surface area contributed by atoms with Gasteiger partial charge < -0.3 is 9.47 Å². The molecule has 0 spiro atoms. The van der Waals surface area contributed by atoms with Crippen molar-refractivity contribution in [3.63, 3.8) is 0 Å². The van der Waals surface area contributed by atoms with E-state index >= 15 is 0 Å². The van der Waals surface area contributed by atoms with Crippen LogP contribution in [0.3, 0.4) is 0 Å². The molecule has 0 bridgehead atoms. The lowest BCUT2D eigenvalue weighted by molar-refractivity contribution is -0.276. The summed E-state index contributed by atoms with van der Waals surface area (Å²) in [5, 5.41) is 0. The van der Waals surface area contributed by atoms with Crippen LogP contribution in [-0.2, 0) is 0 Å². The van der Waals surface area contributed by atoms with Crippen molar-refractivity contribution in [1.82, 2.24) is 0 Å². The van der Waals surface area contributed by atoms with Gasteiger partial charge in [0.25, 0.3) is 0 Å². The van der Waals surface area contributed by atoms with Crippen LogP contribution in [0.1, 0.15) is 33.4 Å². The molecule has 0 fully saturated rings. The Morgan fingerprint density at radius 2 is 1.09 bits per heavy atom. The molecule has 0 atom stereocenters. The summed E-state index contributed by atoms with van der Waals surface area (Å²) in [6.07, 6.45) is -10.5. The van der Waals surface area contributed by atoms with Crippen LogP contribution in [0.25, 0.3) is 0 Å². The minimum atomic E-state index is -5.23. The van der Waals surface area contributed by atoms with Gasteiger partial charge in [0, 0.05) is 16.7 Å². The Morgan fingerprint density at radius 1 is 0.600 bits per heavy atom. The second-order valence-corrected chi connectivity index (χ2v) is 7.27. The van der Waals surface area contributed by atoms with Crippen LogP contribution in [0.5, 0.6) is 11.5 Å². The number of rotatable bonds is 2. The SMILES string of the molecule is Cc1ccc(C#Cc2c(OC(F)(F)F)cc(C#Cc3ccc(C)c(F)c3)cc2OC(F)(F)F)cc1. The Hall–Kier alpha value is -4.11. The summed E-state index contributed by atoms with van der Waals surface area (Å²) in [6, 6.07) is 12.0. The maximum absolute atomic E-state index is 13.7. The van der Waals surface area contributed by atoms with Crippen LogP contribution in [-0.4, -0.2) is 12.7 Å². The van der Waals surface area contributed by atoms with Crippen LogP contribution in [0.15, 0.2) is 54.6 Å². The predicted molar refractivity (Wildman–Crippen MR) is 114 cm³/mol. The molecule has 3 aromatic carbocycles. The summed E-state index contributed by atoms with van der Waals surface area (Å²) in [5.74, 6) is 7.06. The van der Waals surface area contributed by atoms with Gasteiger partial charge in [0.15, 0.2) is 0 Å². The molecule has 0 aliphatic carbocycles. The Kier molecular flexibility index (Phi) is 7.31. The number of alkyl halides is 6. The van der Waals surface area contributed by atoms with Gasteiger partial charge in [-0.3, -0.25) is 0 Å². The van der Waals surface area contributed by atoms with E-state index in [0.717, 1.165) is 23.8 Å². The van der Waals surface area contributed by atoms with Crippen LogP contribution in [0, 0.1) is 43.3 Å². The maximum Gasteiger partial charge on any atom is 0.573 e. The van der Waals surface area contributed by atoms with Gasteiger partial charge in [-0.15, -0.1) is 26.3 Å². The van der Waals surface area contributed by atoms with Crippen LogP contribution < -0.4 is 9.47 Å². The highest BCUT2D eigenvalue weighted by molar-refractivity contribution is 5.62. The fourth-order valence-electron chi connectivity index (χ4n) is 2.78. The van der Waals surface area contributed by atoms with E-state index in [4.69, 9.17) is 0 Å². The quantitative estimate of drug-likeness (QED) is 0.282. The van der Waals surface area contributed by atoms with Crippen molar-refractivity contribution >= 4 is 0 Å². The average Bonchev–Trinajstić information content (AvgIpc) is 2.73. The molecular weight excluding hydrogens is 477 g/mol. The third-order valence-electron chi connectivity index (χ3n) is 4.42. The molecule has 0 radical (unpaired) electrons. The molecule has 180 valence electrons. The summed E-state index contributed by atoms with van der Waals surface area (Å²) >= 11 is 0. The van der Waals surface area contributed by atoms with E-state index in [2.05, 4.69) is 33.2 Å². The second kappa shape index (κ2) is 10.0. The third-order valence-corrected chi connectivity index (χ3v) is 4.42. The molecule has 0 heterocycles. The van der Waals surface area contributed by atoms with Gasteiger partial charge in [-0.2, -0.15) is 0 Å². The van der Waals surface area contributed by atoms with Crippen LogP contribution in [0.4, 0.5) is 30.7 Å². The van der Waals surface area contributed by atoms with Crippen molar-refractivity contribution in [2.24, 2.45) is 0 Å². The number of aryl methyl sites for hydroxylation is 2. The number of hydrogen-bond acceptors (Lipinski definition) is 2. The molecule has 0 amide bonds. The van der Waals surface area contributed by atoms with Gasteiger partial charge in [0.2, 0.25) is 0 Å². The topological polar surface area (TPSA) is 18.5 Å². The van der Waals surface area contributed by atoms with Gasteiger partial charge in [0.05, 0.1) is 0 Å². The fraction of sp³-hybridized carbons (Fsp3) is 0.154.